The number of rotatable bonds is 8. The third-order valence-corrected chi connectivity index (χ3v) is 5.94. The normalized spacial score (nSPS) is 11.2. The van der Waals surface area contributed by atoms with Crippen LogP contribution in [0.4, 0.5) is 5.69 Å². The molecule has 0 spiro atoms. The smallest absolute Gasteiger partial charge is 0.271 e. The molecule has 32 heavy (non-hydrogen) atoms. The van der Waals surface area contributed by atoms with Gasteiger partial charge in [0.2, 0.25) is 0 Å². The summed E-state index contributed by atoms with van der Waals surface area (Å²) < 4.78 is 38.2. The molecule has 0 aliphatic heterocycles. The number of carbonyl (C=O) groups excluding carboxylic acids is 1. The van der Waals surface area contributed by atoms with Gasteiger partial charge in [0, 0.05) is 27.9 Å². The van der Waals surface area contributed by atoms with Gasteiger partial charge in [-0.05, 0) is 54.6 Å². The SMILES string of the molecule is COc1ccc(/C=N/NC(=O)c2cccc(S(=O)(=O)Nc3ccc(Cl)cc3)c2)c(OC)c1. The van der Waals surface area contributed by atoms with Crippen molar-refractivity contribution in [2.75, 3.05) is 18.9 Å². The van der Waals surface area contributed by atoms with E-state index in [0.29, 0.717) is 27.8 Å². The van der Waals surface area contributed by atoms with Gasteiger partial charge in [0.1, 0.15) is 11.5 Å². The summed E-state index contributed by atoms with van der Waals surface area (Å²) in [6.45, 7) is 0. The molecule has 1 amide bonds. The number of amides is 1. The van der Waals surface area contributed by atoms with E-state index in [-0.39, 0.29) is 10.5 Å². The second-order valence-corrected chi connectivity index (χ2v) is 8.57. The predicted octanol–water partition coefficient (Wildman–Crippen LogP) is 3.92. The van der Waals surface area contributed by atoms with Crippen LogP contribution in [0.25, 0.3) is 0 Å². The first kappa shape index (κ1) is 23.1. The lowest BCUT2D eigenvalue weighted by Crippen LogP contribution is -2.19. The Morgan fingerprint density at radius 3 is 2.44 bits per heavy atom. The van der Waals surface area contributed by atoms with Crippen LogP contribution < -0.4 is 19.6 Å². The number of halogens is 1. The molecule has 3 aromatic rings. The Bertz CT molecular complexity index is 1240. The topological polar surface area (TPSA) is 106 Å². The molecule has 0 aromatic heterocycles. The maximum Gasteiger partial charge on any atom is 0.271 e. The number of hydrazone groups is 1. The lowest BCUT2D eigenvalue weighted by molar-refractivity contribution is 0.0955. The van der Waals surface area contributed by atoms with Crippen molar-refractivity contribution in [3.05, 3.63) is 82.9 Å². The van der Waals surface area contributed by atoms with Crippen molar-refractivity contribution in [2.24, 2.45) is 5.10 Å². The summed E-state index contributed by atoms with van der Waals surface area (Å²) in [6.07, 6.45) is 1.42. The molecule has 0 aliphatic carbocycles. The summed E-state index contributed by atoms with van der Waals surface area (Å²) in [5.41, 5.74) is 3.48. The van der Waals surface area contributed by atoms with Crippen LogP contribution in [-0.2, 0) is 10.0 Å². The van der Waals surface area contributed by atoms with Gasteiger partial charge in [0.05, 0.1) is 25.3 Å². The quantitative estimate of drug-likeness (QED) is 0.381. The fraction of sp³-hybridized carbons (Fsp3) is 0.0909. The summed E-state index contributed by atoms with van der Waals surface area (Å²) in [6, 6.07) is 17.0. The zero-order chi connectivity index (χ0) is 23.1. The average molecular weight is 474 g/mol. The molecule has 0 saturated carbocycles. The van der Waals surface area contributed by atoms with Gasteiger partial charge >= 0.3 is 0 Å². The van der Waals surface area contributed by atoms with Crippen LogP contribution in [0.3, 0.4) is 0 Å². The minimum atomic E-state index is -3.90. The molecule has 0 unspecified atom stereocenters. The second kappa shape index (κ2) is 10.2. The molecule has 166 valence electrons. The fourth-order valence-electron chi connectivity index (χ4n) is 2.69. The van der Waals surface area contributed by atoms with Gasteiger partial charge in [-0.15, -0.1) is 0 Å². The van der Waals surface area contributed by atoms with E-state index in [0.717, 1.165) is 0 Å². The van der Waals surface area contributed by atoms with Gasteiger partial charge in [-0.2, -0.15) is 5.10 Å². The number of sulfonamides is 1. The molecule has 0 aliphatic rings. The summed E-state index contributed by atoms with van der Waals surface area (Å²) in [4.78, 5) is 12.4. The molecule has 0 saturated heterocycles. The maximum atomic E-state index is 12.7. The third-order valence-electron chi connectivity index (χ3n) is 4.31. The molecular weight excluding hydrogens is 454 g/mol. The van der Waals surface area contributed by atoms with Crippen molar-refractivity contribution in [3.8, 4) is 11.5 Å². The zero-order valence-corrected chi connectivity index (χ0v) is 18.8. The van der Waals surface area contributed by atoms with Crippen LogP contribution in [-0.4, -0.2) is 34.8 Å². The molecule has 0 atom stereocenters. The second-order valence-electron chi connectivity index (χ2n) is 6.45. The Balaban J connectivity index is 1.72. The zero-order valence-electron chi connectivity index (χ0n) is 17.2. The fourth-order valence-corrected chi connectivity index (χ4v) is 3.92. The van der Waals surface area contributed by atoms with Gasteiger partial charge in [0.25, 0.3) is 15.9 Å². The predicted molar refractivity (Wildman–Crippen MR) is 123 cm³/mol. The molecule has 3 rings (SSSR count). The molecule has 0 bridgehead atoms. The molecule has 10 heteroatoms. The Kier molecular flexibility index (Phi) is 7.34. The number of nitrogens with zero attached hydrogens (tertiary/aromatic N) is 1. The van der Waals surface area contributed by atoms with Gasteiger partial charge in [-0.1, -0.05) is 17.7 Å². The number of ether oxygens (including phenoxy) is 2. The highest BCUT2D eigenvalue weighted by atomic mass is 35.5. The van der Waals surface area contributed by atoms with Gasteiger partial charge in [-0.25, -0.2) is 13.8 Å². The first-order valence-electron chi connectivity index (χ1n) is 9.26. The highest BCUT2D eigenvalue weighted by Crippen LogP contribution is 2.23. The van der Waals surface area contributed by atoms with Crippen LogP contribution in [0, 0.1) is 0 Å². The van der Waals surface area contributed by atoms with Crippen molar-refractivity contribution in [2.45, 2.75) is 4.90 Å². The molecule has 0 radical (unpaired) electrons. The standard InChI is InChI=1S/C22H20ClN3O5S/c1-30-19-11-6-16(21(13-19)31-2)14-24-25-22(27)15-4-3-5-20(12-15)32(28,29)26-18-9-7-17(23)8-10-18/h3-14,26H,1-2H3,(H,25,27)/b24-14+. The highest BCUT2D eigenvalue weighted by Gasteiger charge is 2.16. The number of hydrogen-bond acceptors (Lipinski definition) is 6. The van der Waals surface area contributed by atoms with Crippen molar-refractivity contribution in [1.82, 2.24) is 5.43 Å². The van der Waals surface area contributed by atoms with E-state index >= 15 is 0 Å². The van der Waals surface area contributed by atoms with Crippen molar-refractivity contribution < 1.29 is 22.7 Å². The van der Waals surface area contributed by atoms with Gasteiger partial charge in [0.15, 0.2) is 0 Å². The lowest BCUT2D eigenvalue weighted by Gasteiger charge is -2.09. The van der Waals surface area contributed by atoms with E-state index in [9.17, 15) is 13.2 Å². The number of carbonyl (C=O) groups is 1. The third kappa shape index (κ3) is 5.77. The minimum Gasteiger partial charge on any atom is -0.497 e. The first-order chi connectivity index (χ1) is 15.3. The van der Waals surface area contributed by atoms with Crippen LogP contribution in [0.1, 0.15) is 15.9 Å². The number of methoxy groups -OCH3 is 2. The monoisotopic (exact) mass is 473 g/mol. The van der Waals surface area contributed by atoms with E-state index in [1.54, 1.807) is 49.6 Å². The van der Waals surface area contributed by atoms with E-state index in [1.807, 2.05) is 0 Å². The van der Waals surface area contributed by atoms with E-state index in [2.05, 4.69) is 15.2 Å². The number of hydrogen-bond donors (Lipinski definition) is 2. The van der Waals surface area contributed by atoms with E-state index in [4.69, 9.17) is 21.1 Å². The summed E-state index contributed by atoms with van der Waals surface area (Å²) >= 11 is 5.82. The Labute approximate surface area is 190 Å². The first-order valence-corrected chi connectivity index (χ1v) is 11.1. The summed E-state index contributed by atoms with van der Waals surface area (Å²) in [5.74, 6) is 0.564. The lowest BCUT2D eigenvalue weighted by atomic mass is 10.2. The van der Waals surface area contributed by atoms with E-state index in [1.165, 1.54) is 37.6 Å². The molecule has 3 aromatic carbocycles. The number of nitrogens with one attached hydrogen (secondary N) is 2. The Hall–Kier alpha value is -3.56. The number of anilines is 1. The van der Waals surface area contributed by atoms with Crippen LogP contribution >= 0.6 is 11.6 Å². The Morgan fingerprint density at radius 2 is 1.75 bits per heavy atom. The molecule has 2 N–H and O–H groups in total. The minimum absolute atomic E-state index is 0.0686. The molecular formula is C22H20ClN3O5S. The van der Waals surface area contributed by atoms with Crippen LogP contribution in [0.15, 0.2) is 76.7 Å². The van der Waals surface area contributed by atoms with Crippen molar-refractivity contribution >= 4 is 39.4 Å². The highest BCUT2D eigenvalue weighted by molar-refractivity contribution is 7.92. The maximum absolute atomic E-state index is 12.7. The summed E-state index contributed by atoms with van der Waals surface area (Å²) in [7, 11) is -0.849. The van der Waals surface area contributed by atoms with Crippen LogP contribution in [0.2, 0.25) is 5.02 Å². The number of benzene rings is 3. The largest absolute Gasteiger partial charge is 0.497 e. The Morgan fingerprint density at radius 1 is 1.00 bits per heavy atom. The van der Waals surface area contributed by atoms with Crippen LogP contribution in [0.5, 0.6) is 11.5 Å². The summed E-state index contributed by atoms with van der Waals surface area (Å²) in [5, 5.41) is 4.41. The molecule has 8 nitrogen and oxygen atoms in total. The van der Waals surface area contributed by atoms with Gasteiger partial charge < -0.3 is 9.47 Å². The van der Waals surface area contributed by atoms with Crippen molar-refractivity contribution in [3.63, 3.8) is 0 Å². The van der Waals surface area contributed by atoms with E-state index < -0.39 is 15.9 Å². The average Bonchev–Trinajstić information content (AvgIpc) is 2.80. The molecule has 0 fully saturated rings. The van der Waals surface area contributed by atoms with Crippen molar-refractivity contribution in [1.29, 1.82) is 0 Å². The van der Waals surface area contributed by atoms with Gasteiger partial charge in [-0.3, -0.25) is 9.52 Å². The molecule has 0 heterocycles.